The third kappa shape index (κ3) is 3.18. The summed E-state index contributed by atoms with van der Waals surface area (Å²) < 4.78 is 0. The highest BCUT2D eigenvalue weighted by Gasteiger charge is 1.94. The normalized spacial score (nSPS) is 9.08. The Morgan fingerprint density at radius 3 is 2.77 bits per heavy atom. The van der Waals surface area contributed by atoms with E-state index in [-0.39, 0.29) is 0 Å². The van der Waals surface area contributed by atoms with Gasteiger partial charge in [-0.05, 0) is 18.2 Å². The highest BCUT2D eigenvalue weighted by atomic mass is 35.5. The van der Waals surface area contributed by atoms with Crippen molar-refractivity contribution in [3.63, 3.8) is 0 Å². The Balaban J connectivity index is 2.81. The Labute approximate surface area is 87.8 Å². The van der Waals surface area contributed by atoms with E-state index in [1.165, 1.54) is 0 Å². The molecule has 0 aromatic heterocycles. The van der Waals surface area contributed by atoms with Crippen LogP contribution in [0.2, 0.25) is 5.02 Å². The fourth-order valence-electron chi connectivity index (χ4n) is 0.817. The molecule has 13 heavy (non-hydrogen) atoms. The number of hydrogen-bond acceptors (Lipinski definition) is 1. The number of benzene rings is 1. The lowest BCUT2D eigenvalue weighted by atomic mass is 10.2. The Kier molecular flexibility index (Phi) is 3.95. The van der Waals surface area contributed by atoms with Crippen molar-refractivity contribution < 1.29 is 0 Å². The first-order chi connectivity index (χ1) is 6.24. The van der Waals surface area contributed by atoms with E-state index in [1.807, 2.05) is 6.07 Å². The van der Waals surface area contributed by atoms with Crippen LogP contribution < -0.4 is 5.73 Å². The van der Waals surface area contributed by atoms with Crippen LogP contribution in [0, 0.1) is 11.8 Å². The summed E-state index contributed by atoms with van der Waals surface area (Å²) in [6, 6.07) is 5.33. The summed E-state index contributed by atoms with van der Waals surface area (Å²) in [4.78, 5) is 0. The molecule has 0 unspecified atom stereocenters. The molecular weight excluding hydrogens is 205 g/mol. The average molecular weight is 214 g/mol. The highest BCUT2D eigenvalue weighted by molar-refractivity contribution is 6.33. The third-order valence-corrected chi connectivity index (χ3v) is 1.97. The minimum absolute atomic E-state index is 0.540. The van der Waals surface area contributed by atoms with Gasteiger partial charge in [-0.15, -0.1) is 11.6 Å². The molecule has 0 aliphatic heterocycles. The standard InChI is InChI=1S/C10H9Cl2N/c11-6-2-1-3-8-4-5-10(13)9(12)7-8/h4-5,7H,2,6,13H2. The van der Waals surface area contributed by atoms with Crippen LogP contribution in [0.1, 0.15) is 12.0 Å². The molecule has 1 aromatic rings. The second-order valence-corrected chi connectivity index (χ2v) is 3.26. The van der Waals surface area contributed by atoms with Gasteiger partial charge in [0.1, 0.15) is 0 Å². The van der Waals surface area contributed by atoms with Gasteiger partial charge in [0, 0.05) is 17.9 Å². The minimum atomic E-state index is 0.540. The van der Waals surface area contributed by atoms with Crippen LogP contribution in [0.5, 0.6) is 0 Å². The zero-order valence-electron chi connectivity index (χ0n) is 6.98. The van der Waals surface area contributed by atoms with E-state index in [9.17, 15) is 0 Å². The first-order valence-electron chi connectivity index (χ1n) is 3.84. The van der Waals surface area contributed by atoms with Gasteiger partial charge in [0.2, 0.25) is 0 Å². The Hall–Kier alpha value is -0.840. The number of rotatable bonds is 1. The maximum Gasteiger partial charge on any atom is 0.0647 e. The van der Waals surface area contributed by atoms with Crippen LogP contribution in [-0.4, -0.2) is 5.88 Å². The molecule has 3 heteroatoms. The van der Waals surface area contributed by atoms with Crippen LogP contribution in [0.15, 0.2) is 18.2 Å². The predicted octanol–water partition coefficient (Wildman–Crippen LogP) is 2.90. The highest BCUT2D eigenvalue weighted by Crippen LogP contribution is 2.18. The van der Waals surface area contributed by atoms with Gasteiger partial charge in [-0.25, -0.2) is 0 Å². The van der Waals surface area contributed by atoms with Crippen LogP contribution in [-0.2, 0) is 0 Å². The van der Waals surface area contributed by atoms with Crippen molar-refractivity contribution >= 4 is 28.9 Å². The van der Waals surface area contributed by atoms with Crippen LogP contribution in [0.3, 0.4) is 0 Å². The van der Waals surface area contributed by atoms with E-state index in [2.05, 4.69) is 11.8 Å². The SMILES string of the molecule is Nc1ccc(C#CCCCl)cc1Cl. The first-order valence-corrected chi connectivity index (χ1v) is 4.75. The van der Waals surface area contributed by atoms with Crippen molar-refractivity contribution in [2.24, 2.45) is 0 Å². The molecule has 0 aliphatic carbocycles. The molecule has 0 fully saturated rings. The summed E-state index contributed by atoms with van der Waals surface area (Å²) in [7, 11) is 0. The summed E-state index contributed by atoms with van der Waals surface area (Å²) in [6.07, 6.45) is 0.684. The molecule has 0 heterocycles. The predicted molar refractivity (Wildman–Crippen MR) is 58.1 cm³/mol. The van der Waals surface area contributed by atoms with Crippen molar-refractivity contribution in [3.05, 3.63) is 28.8 Å². The monoisotopic (exact) mass is 213 g/mol. The zero-order chi connectivity index (χ0) is 9.68. The fourth-order valence-corrected chi connectivity index (χ4v) is 1.09. The summed E-state index contributed by atoms with van der Waals surface area (Å²) >= 11 is 11.3. The lowest BCUT2D eigenvalue weighted by Crippen LogP contribution is -1.86. The maximum absolute atomic E-state index is 5.81. The van der Waals surface area contributed by atoms with Crippen molar-refractivity contribution in [2.75, 3.05) is 11.6 Å². The van der Waals surface area contributed by atoms with Crippen molar-refractivity contribution in [1.82, 2.24) is 0 Å². The Morgan fingerprint density at radius 2 is 2.15 bits per heavy atom. The molecule has 0 spiro atoms. The molecule has 1 aromatic carbocycles. The molecule has 1 nitrogen and oxygen atoms in total. The summed E-state index contributed by atoms with van der Waals surface area (Å²) in [5.74, 6) is 6.41. The van der Waals surface area contributed by atoms with Gasteiger partial charge < -0.3 is 5.73 Å². The molecule has 0 bridgehead atoms. The summed E-state index contributed by atoms with van der Waals surface area (Å²) in [6.45, 7) is 0. The molecular formula is C10H9Cl2N. The van der Waals surface area contributed by atoms with Gasteiger partial charge in [-0.3, -0.25) is 0 Å². The van der Waals surface area contributed by atoms with Gasteiger partial charge in [-0.1, -0.05) is 23.4 Å². The van der Waals surface area contributed by atoms with Crippen molar-refractivity contribution in [3.8, 4) is 11.8 Å². The number of hydrogen-bond donors (Lipinski definition) is 1. The number of nitrogens with two attached hydrogens (primary N) is 1. The molecule has 0 radical (unpaired) electrons. The molecule has 0 atom stereocenters. The molecule has 68 valence electrons. The van der Waals surface area contributed by atoms with Crippen molar-refractivity contribution in [1.29, 1.82) is 0 Å². The van der Waals surface area contributed by atoms with Gasteiger partial charge in [0.15, 0.2) is 0 Å². The second kappa shape index (κ2) is 5.01. The van der Waals surface area contributed by atoms with Crippen LogP contribution in [0.25, 0.3) is 0 Å². The van der Waals surface area contributed by atoms with Crippen LogP contribution >= 0.6 is 23.2 Å². The quantitative estimate of drug-likeness (QED) is 0.434. The van der Waals surface area contributed by atoms with E-state index < -0.39 is 0 Å². The Bertz CT molecular complexity index is 350. The summed E-state index contributed by atoms with van der Waals surface area (Å²) in [5, 5.41) is 0.540. The third-order valence-electron chi connectivity index (χ3n) is 1.45. The van der Waals surface area contributed by atoms with Gasteiger partial charge in [0.05, 0.1) is 10.7 Å². The molecule has 0 aliphatic rings. The first kappa shape index (κ1) is 10.2. The molecule has 0 saturated carbocycles. The fraction of sp³-hybridized carbons (Fsp3) is 0.200. The van der Waals surface area contributed by atoms with Gasteiger partial charge in [0.25, 0.3) is 0 Å². The smallest absolute Gasteiger partial charge is 0.0647 e. The topological polar surface area (TPSA) is 26.0 Å². The van der Waals surface area contributed by atoms with E-state index >= 15 is 0 Å². The average Bonchev–Trinajstić information content (AvgIpc) is 2.12. The van der Waals surface area contributed by atoms with Crippen LogP contribution in [0.4, 0.5) is 5.69 Å². The van der Waals surface area contributed by atoms with E-state index in [1.54, 1.807) is 12.1 Å². The minimum Gasteiger partial charge on any atom is -0.398 e. The van der Waals surface area contributed by atoms with E-state index in [4.69, 9.17) is 28.9 Å². The second-order valence-electron chi connectivity index (χ2n) is 2.48. The number of nitrogen functional groups attached to an aromatic ring is 1. The number of anilines is 1. The summed E-state index contributed by atoms with van der Waals surface area (Å²) in [5.41, 5.74) is 6.98. The number of alkyl halides is 1. The molecule has 2 N–H and O–H groups in total. The van der Waals surface area contributed by atoms with Crippen molar-refractivity contribution in [2.45, 2.75) is 6.42 Å². The Morgan fingerprint density at radius 1 is 1.38 bits per heavy atom. The number of halogens is 2. The zero-order valence-corrected chi connectivity index (χ0v) is 8.49. The molecule has 1 rings (SSSR count). The lowest BCUT2D eigenvalue weighted by molar-refractivity contribution is 1.29. The van der Waals surface area contributed by atoms with E-state index in [0.717, 1.165) is 5.56 Å². The molecule has 0 amide bonds. The van der Waals surface area contributed by atoms with Gasteiger partial charge >= 0.3 is 0 Å². The molecule has 0 saturated heterocycles. The van der Waals surface area contributed by atoms with E-state index in [0.29, 0.717) is 23.0 Å². The lowest BCUT2D eigenvalue weighted by Gasteiger charge is -1.96. The maximum atomic E-state index is 5.81. The van der Waals surface area contributed by atoms with Gasteiger partial charge in [-0.2, -0.15) is 0 Å². The largest absolute Gasteiger partial charge is 0.398 e.